The minimum atomic E-state index is -3.65. The van der Waals surface area contributed by atoms with Crippen LogP contribution in [0.3, 0.4) is 0 Å². The third kappa shape index (κ3) is 9.59. The molecule has 0 spiro atoms. The van der Waals surface area contributed by atoms with Crippen LogP contribution in [0, 0.1) is 0 Å². The fourth-order valence-corrected chi connectivity index (χ4v) is 11.1. The number of fused-ring (bicyclic) bond motifs is 6. The molecule has 0 unspecified atom stereocenters. The number of rotatable bonds is 9. The Morgan fingerprint density at radius 2 is 0.429 bits per heavy atom. The summed E-state index contributed by atoms with van der Waals surface area (Å²) in [6, 6.07) is 69.1. The summed E-state index contributed by atoms with van der Waals surface area (Å²) >= 11 is -3.65. The van der Waals surface area contributed by atoms with E-state index in [2.05, 4.69) is 0 Å². The average Bonchev–Trinajstić information content (AvgIpc) is 3.37. The molecule has 0 aromatic heterocycles. The first-order valence-electron chi connectivity index (χ1n) is 22.1. The maximum Gasteiger partial charge on any atom is 1.20 e. The van der Waals surface area contributed by atoms with Crippen molar-refractivity contribution in [2.24, 2.45) is 0 Å². The molecule has 12 aromatic rings. The van der Waals surface area contributed by atoms with Crippen LogP contribution < -0.4 is 181 Å². The Morgan fingerprint density at radius 3 is 0.671 bits per heavy atom. The molecule has 0 bridgehead atoms. The summed E-state index contributed by atoms with van der Waals surface area (Å²) < 4.78 is 21.8. The Balaban J connectivity index is 0.00000203. The molecule has 0 N–H and O–H groups in total. The molecule has 0 amide bonds. The Kier molecular flexibility index (Phi) is 16.3. The summed E-state index contributed by atoms with van der Waals surface area (Å²) in [7, 11) is 0. The third-order valence-corrected chi connectivity index (χ3v) is 14.1. The van der Waals surface area contributed by atoms with Crippen molar-refractivity contribution < 1.29 is 181 Å². The van der Waals surface area contributed by atoms with Gasteiger partial charge >= 0.3 is 169 Å². The van der Waals surface area contributed by atoms with Crippen LogP contribution in [-0.2, 0) is 0 Å². The predicted molar refractivity (Wildman–Crippen MR) is 267 cm³/mol. The van der Waals surface area contributed by atoms with Crippen molar-refractivity contribution in [3.05, 3.63) is 218 Å². The molecular weight excluding hydrogens is 961 g/mol. The van der Waals surface area contributed by atoms with Gasteiger partial charge in [0, 0.05) is 16.7 Å². The van der Waals surface area contributed by atoms with Crippen LogP contribution >= 0.6 is 0 Å². The molecule has 0 saturated heterocycles. The van der Waals surface area contributed by atoms with Crippen molar-refractivity contribution in [2.45, 2.75) is 0 Å². The fourth-order valence-electron chi connectivity index (χ4n) is 9.73. The van der Waals surface area contributed by atoms with Crippen LogP contribution in [0.5, 0.6) is 34.5 Å². The van der Waals surface area contributed by atoms with E-state index >= 15 is 0 Å². The maximum absolute atomic E-state index is 14.3. The molecule has 12 rings (SSSR count). The topological polar surface area (TPSA) is 96.9 Å². The quantitative estimate of drug-likeness (QED) is 0.200. The van der Waals surface area contributed by atoms with Crippen LogP contribution in [0.15, 0.2) is 218 Å². The third-order valence-electron chi connectivity index (χ3n) is 12.8. The van der Waals surface area contributed by atoms with Gasteiger partial charge in [-0.25, -0.2) is 0 Å². The smallest absolute Gasteiger partial charge is 0.872 e. The molecule has 0 heterocycles. The van der Waals surface area contributed by atoms with Crippen molar-refractivity contribution in [3.63, 3.8) is 0 Å². The number of hydrogen-bond acceptors (Lipinski definition) is 6. The SMILES string of the molecule is [K+].[K+].[K+].[O-]c1ccc2ccccc2c1-c1c([O][Al]([O]c2ccc3ccccc3c2-c2c([O-])ccc3ccccc23)[O]c2ccc3ccccc3c2-c2c([O-])ccc3ccccc23)ccc2ccccc12. The van der Waals surface area contributed by atoms with E-state index in [9.17, 15) is 15.3 Å². The molecule has 70 heavy (non-hydrogen) atoms. The molecule has 0 aliphatic carbocycles. The van der Waals surface area contributed by atoms with E-state index in [0.29, 0.717) is 50.6 Å². The van der Waals surface area contributed by atoms with E-state index in [-0.39, 0.29) is 171 Å². The molecule has 6 nitrogen and oxygen atoms in total. The van der Waals surface area contributed by atoms with Crippen LogP contribution in [-0.4, -0.2) is 15.1 Å². The van der Waals surface area contributed by atoms with Gasteiger partial charge in [-0.05, 0) is 99.5 Å². The van der Waals surface area contributed by atoms with Crippen LogP contribution in [0.25, 0.3) is 98.0 Å². The normalized spacial score (nSPS) is 11.0. The van der Waals surface area contributed by atoms with E-state index < -0.39 is 15.1 Å². The largest absolute Gasteiger partial charge is 1.20 e. The molecule has 0 atom stereocenters. The van der Waals surface area contributed by atoms with E-state index in [0.717, 1.165) is 64.6 Å². The molecule has 0 aliphatic rings. The van der Waals surface area contributed by atoms with Crippen molar-refractivity contribution in [1.82, 2.24) is 0 Å². The first-order chi connectivity index (χ1) is 33.0. The van der Waals surface area contributed by atoms with Gasteiger partial charge in [0.1, 0.15) is 0 Å². The molecule has 12 aromatic carbocycles. The molecule has 0 saturated carbocycles. The Hall–Kier alpha value is -3.56. The predicted octanol–water partition coefficient (Wildman–Crippen LogP) is 4.36. The molecule has 0 fully saturated rings. The molecular formula is C60H36AlK3O6. The second-order valence-electron chi connectivity index (χ2n) is 16.6. The van der Waals surface area contributed by atoms with Crippen molar-refractivity contribution in [1.29, 1.82) is 0 Å². The molecule has 10 heteroatoms. The Morgan fingerprint density at radius 1 is 0.229 bits per heavy atom. The van der Waals surface area contributed by atoms with Crippen molar-refractivity contribution in [3.8, 4) is 67.9 Å². The minimum Gasteiger partial charge on any atom is -0.872 e. The second-order valence-corrected chi connectivity index (χ2v) is 17.9. The standard InChI is InChI=1S/3C20H14O2.Al.3K/c3*21-17-11-9-13-5-1-3-7-15(13)19(17)20-16-8-4-2-6-14(16)10-12-18(20)22;;;;/h3*1-12,21-22H;;;;/q;;;+3;3*+1/p-6. The molecule has 0 aliphatic heterocycles. The Labute approximate surface area is 537 Å². The summed E-state index contributed by atoms with van der Waals surface area (Å²) in [5.74, 6) is 0.679. The fraction of sp³-hybridized carbons (Fsp3) is 0. The van der Waals surface area contributed by atoms with E-state index in [1.54, 1.807) is 18.2 Å². The van der Waals surface area contributed by atoms with Crippen LogP contribution in [0.1, 0.15) is 0 Å². The zero-order valence-corrected chi connectivity index (χ0v) is 49.3. The van der Waals surface area contributed by atoms with Gasteiger partial charge in [0.05, 0.1) is 17.2 Å². The van der Waals surface area contributed by atoms with Gasteiger partial charge in [-0.15, -0.1) is 17.2 Å². The van der Waals surface area contributed by atoms with Gasteiger partial charge in [0.25, 0.3) is 0 Å². The van der Waals surface area contributed by atoms with E-state index in [1.165, 1.54) is 0 Å². The summed E-state index contributed by atoms with van der Waals surface area (Å²) in [6.45, 7) is 0. The number of hydrogen-bond donors (Lipinski definition) is 0. The van der Waals surface area contributed by atoms with Gasteiger partial charge in [-0.2, -0.15) is 0 Å². The summed E-state index contributed by atoms with van der Waals surface area (Å²) in [4.78, 5) is 0. The van der Waals surface area contributed by atoms with Gasteiger partial charge in [-0.1, -0.05) is 200 Å². The maximum atomic E-state index is 14.3. The van der Waals surface area contributed by atoms with Gasteiger partial charge in [0.2, 0.25) is 0 Å². The summed E-state index contributed by atoms with van der Waals surface area (Å²) in [5.41, 5.74) is 3.30. The average molecular weight is 997 g/mol. The van der Waals surface area contributed by atoms with Gasteiger partial charge in [-0.3, -0.25) is 0 Å². The van der Waals surface area contributed by atoms with E-state index in [1.807, 2.05) is 200 Å². The first kappa shape index (κ1) is 51.3. The van der Waals surface area contributed by atoms with Crippen LogP contribution in [0.2, 0.25) is 0 Å². The zero-order valence-electron chi connectivity index (χ0n) is 38.8. The zero-order chi connectivity index (χ0) is 45.0. The second kappa shape index (κ2) is 22.3. The molecule has 318 valence electrons. The van der Waals surface area contributed by atoms with Gasteiger partial charge < -0.3 is 26.7 Å². The van der Waals surface area contributed by atoms with E-state index in [4.69, 9.17) is 11.4 Å². The minimum absolute atomic E-state index is 0. The van der Waals surface area contributed by atoms with Gasteiger partial charge in [0.15, 0.2) is 0 Å². The monoisotopic (exact) mass is 996 g/mol. The van der Waals surface area contributed by atoms with Crippen molar-refractivity contribution in [2.75, 3.05) is 0 Å². The summed E-state index contributed by atoms with van der Waals surface area (Å²) in [5, 5.41) is 53.1. The first-order valence-corrected chi connectivity index (χ1v) is 23.5. The van der Waals surface area contributed by atoms with Crippen molar-refractivity contribution >= 4 is 79.8 Å². The summed E-state index contributed by atoms with van der Waals surface area (Å²) in [6.07, 6.45) is 0. The number of benzene rings is 12. The molecule has 0 radical (unpaired) electrons. The van der Waals surface area contributed by atoms with Crippen LogP contribution in [0.4, 0.5) is 0 Å². The Bertz CT molecular complexity index is 3530.